The molecule has 0 spiro atoms. The van der Waals surface area contributed by atoms with Gasteiger partial charge in [0.25, 0.3) is 11.8 Å². The normalized spacial score (nSPS) is 17.0. The first-order valence-corrected chi connectivity index (χ1v) is 12.0. The fourth-order valence-electron chi connectivity index (χ4n) is 4.10. The Morgan fingerprint density at radius 2 is 2.03 bits per heavy atom. The van der Waals surface area contributed by atoms with Crippen molar-refractivity contribution in [3.05, 3.63) is 35.3 Å². The Morgan fingerprint density at radius 3 is 2.56 bits per heavy atom. The van der Waals surface area contributed by atoms with Gasteiger partial charge in [0.05, 0.1) is 7.11 Å². The van der Waals surface area contributed by atoms with Gasteiger partial charge in [-0.25, -0.2) is 4.79 Å². The van der Waals surface area contributed by atoms with Crippen LogP contribution in [0, 0.1) is 25.2 Å². The van der Waals surface area contributed by atoms with Gasteiger partial charge in [-0.1, -0.05) is 12.2 Å². The number of furan rings is 1. The zero-order valence-corrected chi connectivity index (χ0v) is 21.3. The van der Waals surface area contributed by atoms with Crippen LogP contribution in [0.25, 0.3) is 0 Å². The SMILES string of the molecule is C#CCCC1(CCN(C(=O)C(OC)C2CC2)C(C(=O)NCC(=C)C)c2cc(C(=O)OC)c(C)o2)N=N1. The molecule has 1 N–H and O–H groups in total. The number of esters is 1. The zero-order valence-electron chi connectivity index (χ0n) is 21.3. The van der Waals surface area contributed by atoms with Gasteiger partial charge >= 0.3 is 5.97 Å². The number of carbonyl (C=O) groups excluding carboxylic acids is 3. The molecule has 0 bridgehead atoms. The van der Waals surface area contributed by atoms with Crippen LogP contribution in [0.3, 0.4) is 0 Å². The molecule has 2 unspecified atom stereocenters. The Balaban J connectivity index is 1.99. The van der Waals surface area contributed by atoms with Crippen molar-refractivity contribution in [2.24, 2.45) is 16.1 Å². The van der Waals surface area contributed by atoms with E-state index in [4.69, 9.17) is 20.3 Å². The molecule has 2 heterocycles. The van der Waals surface area contributed by atoms with E-state index in [0.717, 1.165) is 18.4 Å². The summed E-state index contributed by atoms with van der Waals surface area (Å²) in [5.74, 6) is 1.70. The van der Waals surface area contributed by atoms with Gasteiger partial charge in [-0.3, -0.25) is 9.59 Å². The average molecular weight is 499 g/mol. The lowest BCUT2D eigenvalue weighted by atomic mass is 10.0. The fraction of sp³-hybridized carbons (Fsp3) is 0.577. The number of rotatable bonds is 14. The topological polar surface area (TPSA) is 123 Å². The van der Waals surface area contributed by atoms with Crippen LogP contribution in [-0.2, 0) is 19.1 Å². The van der Waals surface area contributed by atoms with Crippen molar-refractivity contribution in [1.29, 1.82) is 0 Å². The molecule has 2 atom stereocenters. The first-order valence-electron chi connectivity index (χ1n) is 12.0. The van der Waals surface area contributed by atoms with E-state index in [1.165, 1.54) is 25.2 Å². The molecule has 36 heavy (non-hydrogen) atoms. The summed E-state index contributed by atoms with van der Waals surface area (Å²) in [5, 5.41) is 11.1. The highest BCUT2D eigenvalue weighted by Gasteiger charge is 2.46. The van der Waals surface area contributed by atoms with Crippen molar-refractivity contribution in [1.82, 2.24) is 10.2 Å². The molecule has 10 heteroatoms. The third-order valence-electron chi connectivity index (χ3n) is 6.37. The van der Waals surface area contributed by atoms with Crippen LogP contribution >= 0.6 is 0 Å². The van der Waals surface area contributed by atoms with Crippen LogP contribution in [0.15, 0.2) is 32.9 Å². The minimum absolute atomic E-state index is 0.0822. The summed E-state index contributed by atoms with van der Waals surface area (Å²) in [6.45, 7) is 7.58. The molecule has 194 valence electrons. The van der Waals surface area contributed by atoms with E-state index in [-0.39, 0.29) is 42.0 Å². The molecule has 1 aromatic heterocycles. The molecule has 1 fully saturated rings. The van der Waals surface area contributed by atoms with Gasteiger partial charge in [-0.05, 0) is 38.7 Å². The summed E-state index contributed by atoms with van der Waals surface area (Å²) >= 11 is 0. The largest absolute Gasteiger partial charge is 0.465 e. The standard InChI is InChI=1S/C26H34N4O6/c1-7-8-11-26(28-29-26)12-13-30(24(32)22(34-5)18-9-10-18)21(23(31)27-15-16(2)3)20-14-19(17(4)36-20)25(33)35-6/h1,14,18,21-22H,2,8-13,15H2,3-6H3,(H,27,31). The van der Waals surface area contributed by atoms with E-state index in [1.54, 1.807) is 13.8 Å². The van der Waals surface area contributed by atoms with E-state index >= 15 is 0 Å². The van der Waals surface area contributed by atoms with E-state index in [9.17, 15) is 14.4 Å². The number of ether oxygens (including phenoxy) is 2. The van der Waals surface area contributed by atoms with Crippen LogP contribution in [-0.4, -0.2) is 61.8 Å². The highest BCUT2D eigenvalue weighted by Crippen LogP contribution is 2.40. The van der Waals surface area contributed by atoms with Gasteiger partial charge in [-0.2, -0.15) is 10.2 Å². The van der Waals surface area contributed by atoms with Crippen molar-refractivity contribution < 1.29 is 28.3 Å². The molecule has 3 rings (SSSR count). The highest BCUT2D eigenvalue weighted by atomic mass is 16.5. The van der Waals surface area contributed by atoms with Crippen molar-refractivity contribution in [3.63, 3.8) is 0 Å². The molecule has 1 aliphatic carbocycles. The first kappa shape index (κ1) is 27.1. The van der Waals surface area contributed by atoms with Crippen LogP contribution in [0.5, 0.6) is 0 Å². The second-order valence-corrected chi connectivity index (χ2v) is 9.35. The lowest BCUT2D eigenvalue weighted by Crippen LogP contribution is -2.49. The lowest BCUT2D eigenvalue weighted by Gasteiger charge is -2.33. The molecular weight excluding hydrogens is 464 g/mol. The number of carbonyl (C=O) groups is 3. The predicted molar refractivity (Wildman–Crippen MR) is 131 cm³/mol. The maximum atomic E-state index is 13.8. The van der Waals surface area contributed by atoms with E-state index in [2.05, 4.69) is 28.0 Å². The van der Waals surface area contributed by atoms with Gasteiger partial charge in [0.15, 0.2) is 11.7 Å². The van der Waals surface area contributed by atoms with Crippen molar-refractivity contribution in [3.8, 4) is 12.3 Å². The monoisotopic (exact) mass is 498 g/mol. The smallest absolute Gasteiger partial charge is 0.341 e. The number of aryl methyl sites for hydroxylation is 1. The van der Waals surface area contributed by atoms with Crippen molar-refractivity contribution in [2.75, 3.05) is 27.3 Å². The summed E-state index contributed by atoms with van der Waals surface area (Å²) in [5.41, 5.74) is 0.255. The minimum atomic E-state index is -1.16. The second-order valence-electron chi connectivity index (χ2n) is 9.35. The molecule has 1 aliphatic heterocycles. The molecule has 2 amide bonds. The Hall–Kier alpha value is -3.45. The van der Waals surface area contributed by atoms with Gasteiger partial charge < -0.3 is 24.1 Å². The molecular formula is C26H34N4O6. The maximum absolute atomic E-state index is 13.8. The number of nitrogens with zero attached hydrogens (tertiary/aromatic N) is 3. The number of methoxy groups -OCH3 is 2. The molecule has 0 aromatic carbocycles. The van der Waals surface area contributed by atoms with Gasteiger partial charge in [0, 0.05) is 39.5 Å². The molecule has 0 radical (unpaired) electrons. The zero-order chi connectivity index (χ0) is 26.5. The van der Waals surface area contributed by atoms with Gasteiger partial charge in [0.1, 0.15) is 23.2 Å². The van der Waals surface area contributed by atoms with E-state index in [1.807, 2.05) is 0 Å². The third kappa shape index (κ3) is 6.40. The van der Waals surface area contributed by atoms with Crippen LogP contribution in [0.1, 0.15) is 66.9 Å². The Morgan fingerprint density at radius 1 is 1.33 bits per heavy atom. The summed E-state index contributed by atoms with van der Waals surface area (Å²) in [6, 6.07) is 0.291. The third-order valence-corrected chi connectivity index (χ3v) is 6.37. The number of hydrogen-bond donors (Lipinski definition) is 1. The molecule has 2 aliphatic rings. The van der Waals surface area contributed by atoms with Crippen LogP contribution in [0.2, 0.25) is 0 Å². The number of amides is 2. The molecule has 10 nitrogen and oxygen atoms in total. The first-order chi connectivity index (χ1) is 17.2. The van der Waals surface area contributed by atoms with Gasteiger partial charge in [-0.15, -0.1) is 12.3 Å². The predicted octanol–water partition coefficient (Wildman–Crippen LogP) is 3.33. The quantitative estimate of drug-likeness (QED) is 0.238. The summed E-state index contributed by atoms with van der Waals surface area (Å²) in [6.07, 6.45) is 7.88. The molecule has 1 aromatic rings. The van der Waals surface area contributed by atoms with Gasteiger partial charge in [0.2, 0.25) is 0 Å². The highest BCUT2D eigenvalue weighted by molar-refractivity contribution is 5.93. The second kappa shape index (κ2) is 11.5. The Kier molecular flexibility index (Phi) is 8.69. The average Bonchev–Trinajstić information content (AvgIpc) is 3.78. The number of hydrogen-bond acceptors (Lipinski definition) is 8. The Labute approximate surface area is 211 Å². The van der Waals surface area contributed by atoms with E-state index in [0.29, 0.717) is 19.3 Å². The maximum Gasteiger partial charge on any atom is 0.341 e. The lowest BCUT2D eigenvalue weighted by molar-refractivity contribution is -0.151. The van der Waals surface area contributed by atoms with Crippen LogP contribution in [0.4, 0.5) is 0 Å². The molecule has 0 saturated heterocycles. The number of nitrogens with one attached hydrogen (secondary N) is 1. The summed E-state index contributed by atoms with van der Waals surface area (Å²) in [7, 11) is 2.75. The van der Waals surface area contributed by atoms with E-state index < -0.39 is 29.7 Å². The fourth-order valence-corrected chi connectivity index (χ4v) is 4.10. The summed E-state index contributed by atoms with van der Waals surface area (Å²) in [4.78, 5) is 41.0. The van der Waals surface area contributed by atoms with Crippen molar-refractivity contribution >= 4 is 17.8 Å². The minimum Gasteiger partial charge on any atom is -0.465 e. The number of terminal acetylenes is 1. The Bertz CT molecular complexity index is 1070. The van der Waals surface area contributed by atoms with Crippen molar-refractivity contribution in [2.45, 2.75) is 63.8 Å². The summed E-state index contributed by atoms with van der Waals surface area (Å²) < 4.78 is 16.3. The molecule has 1 saturated carbocycles. The van der Waals surface area contributed by atoms with Crippen LogP contribution < -0.4 is 5.32 Å².